The summed E-state index contributed by atoms with van der Waals surface area (Å²) in [4.78, 5) is 10.3. The van der Waals surface area contributed by atoms with Crippen molar-refractivity contribution in [3.63, 3.8) is 0 Å². The van der Waals surface area contributed by atoms with Crippen molar-refractivity contribution in [1.29, 1.82) is 0 Å². The second kappa shape index (κ2) is 5.65. The quantitative estimate of drug-likeness (QED) is 0.352. The first-order valence-corrected chi connectivity index (χ1v) is 6.34. The summed E-state index contributed by atoms with van der Waals surface area (Å²) in [6, 6.07) is 5.39. The summed E-state index contributed by atoms with van der Waals surface area (Å²) in [7, 11) is 0. The third-order valence-electron chi connectivity index (χ3n) is 1.81. The molecule has 0 aliphatic rings. The number of alkyl halides is 1. The molecule has 1 rings (SSSR count). The van der Waals surface area contributed by atoms with Gasteiger partial charge in [-0.2, -0.15) is 0 Å². The third-order valence-corrected chi connectivity index (χ3v) is 3.28. The van der Waals surface area contributed by atoms with Crippen LogP contribution in [0.5, 0.6) is 0 Å². The molecule has 0 saturated carbocycles. The van der Waals surface area contributed by atoms with E-state index in [9.17, 15) is 10.1 Å². The van der Waals surface area contributed by atoms with Crippen molar-refractivity contribution in [2.24, 2.45) is 0 Å². The van der Waals surface area contributed by atoms with Crippen LogP contribution in [0.25, 0.3) is 0 Å². The van der Waals surface area contributed by atoms with Gasteiger partial charge in [-0.15, -0.1) is 0 Å². The summed E-state index contributed by atoms with van der Waals surface area (Å²) in [5.41, 5.74) is 1.23. The Bertz CT molecular complexity index is 344. The minimum atomic E-state index is -0.334. The Morgan fingerprint density at radius 1 is 1.50 bits per heavy atom. The summed E-state index contributed by atoms with van der Waals surface area (Å²) in [6.45, 7) is 0. The van der Waals surface area contributed by atoms with E-state index in [4.69, 9.17) is 0 Å². The van der Waals surface area contributed by atoms with Crippen LogP contribution >= 0.6 is 38.5 Å². The van der Waals surface area contributed by atoms with Crippen molar-refractivity contribution < 1.29 is 4.92 Å². The smallest absolute Gasteiger partial charge is 0.258 e. The van der Waals surface area contributed by atoms with Gasteiger partial charge in [-0.1, -0.05) is 22.0 Å². The summed E-state index contributed by atoms with van der Waals surface area (Å²) in [5.74, 6) is 0. The molecule has 0 aliphatic heterocycles. The minimum absolute atomic E-state index is 0.206. The van der Waals surface area contributed by atoms with Crippen LogP contribution in [0.3, 0.4) is 0 Å². The molecule has 1 aromatic rings. The molecule has 14 heavy (non-hydrogen) atoms. The predicted octanol–water partition coefficient (Wildman–Crippen LogP) is 3.53. The van der Waals surface area contributed by atoms with Crippen LogP contribution < -0.4 is 0 Å². The van der Waals surface area contributed by atoms with E-state index >= 15 is 0 Å². The van der Waals surface area contributed by atoms with E-state index < -0.39 is 0 Å². The van der Waals surface area contributed by atoms with Gasteiger partial charge >= 0.3 is 0 Å². The summed E-state index contributed by atoms with van der Waals surface area (Å²) in [6.07, 6.45) is 1.88. The van der Waals surface area contributed by atoms with E-state index in [1.807, 2.05) is 28.7 Å². The SMILES string of the molecule is O=[N+]([O-])c1cc(CCCBr)ccc1I. The molecule has 0 fully saturated rings. The standard InChI is InChI=1S/C9H9BrINO2/c10-5-1-2-7-3-4-8(11)9(6-7)12(13)14/h3-4,6H,1-2,5H2. The third kappa shape index (κ3) is 3.20. The molecule has 0 atom stereocenters. The van der Waals surface area contributed by atoms with E-state index in [0.717, 1.165) is 23.7 Å². The first kappa shape index (κ1) is 11.9. The van der Waals surface area contributed by atoms with Gasteiger partial charge in [0.15, 0.2) is 0 Å². The maximum Gasteiger partial charge on any atom is 0.282 e. The van der Waals surface area contributed by atoms with Crippen LogP contribution in [0.2, 0.25) is 0 Å². The topological polar surface area (TPSA) is 43.1 Å². The molecule has 0 heterocycles. The molecule has 3 nitrogen and oxygen atoms in total. The number of aryl methyl sites for hydroxylation is 1. The molecule has 0 aromatic heterocycles. The second-order valence-electron chi connectivity index (χ2n) is 2.84. The Balaban J connectivity index is 2.89. The fourth-order valence-corrected chi connectivity index (χ4v) is 1.94. The van der Waals surface area contributed by atoms with Gasteiger partial charge in [0.1, 0.15) is 0 Å². The Morgan fingerprint density at radius 3 is 2.79 bits per heavy atom. The Kier molecular flexibility index (Phi) is 4.80. The van der Waals surface area contributed by atoms with Crippen LogP contribution in [-0.2, 0) is 6.42 Å². The Morgan fingerprint density at radius 2 is 2.21 bits per heavy atom. The van der Waals surface area contributed by atoms with Crippen LogP contribution in [0, 0.1) is 13.7 Å². The van der Waals surface area contributed by atoms with Crippen LogP contribution in [0.15, 0.2) is 18.2 Å². The zero-order chi connectivity index (χ0) is 10.6. The summed E-state index contributed by atoms with van der Waals surface area (Å²) < 4.78 is 0.690. The maximum atomic E-state index is 10.6. The molecule has 76 valence electrons. The molecule has 0 bridgehead atoms. The van der Waals surface area contributed by atoms with E-state index in [1.54, 1.807) is 12.1 Å². The molecule has 1 aromatic carbocycles. The summed E-state index contributed by atoms with van der Waals surface area (Å²) >= 11 is 5.31. The zero-order valence-electron chi connectivity index (χ0n) is 7.37. The molecule has 5 heteroatoms. The van der Waals surface area contributed by atoms with Gasteiger partial charge in [0.05, 0.1) is 8.49 Å². The highest BCUT2D eigenvalue weighted by atomic mass is 127. The first-order valence-electron chi connectivity index (χ1n) is 4.14. The zero-order valence-corrected chi connectivity index (χ0v) is 11.1. The molecule has 0 aliphatic carbocycles. The second-order valence-corrected chi connectivity index (χ2v) is 4.79. The number of rotatable bonds is 4. The van der Waals surface area contributed by atoms with Crippen molar-refractivity contribution in [2.75, 3.05) is 5.33 Å². The molecule has 0 radical (unpaired) electrons. The number of nitro benzene ring substituents is 1. The highest BCUT2D eigenvalue weighted by Gasteiger charge is 2.11. The molecule has 0 unspecified atom stereocenters. The molecular formula is C9H9BrINO2. The van der Waals surface area contributed by atoms with Gasteiger partial charge in [0, 0.05) is 11.4 Å². The predicted molar refractivity (Wildman–Crippen MR) is 67.9 cm³/mol. The molecule has 0 N–H and O–H groups in total. The molecule has 0 saturated heterocycles. The van der Waals surface area contributed by atoms with Crippen molar-refractivity contribution >= 4 is 44.2 Å². The number of halogens is 2. The highest BCUT2D eigenvalue weighted by molar-refractivity contribution is 14.1. The van der Waals surface area contributed by atoms with Gasteiger partial charge in [0.2, 0.25) is 0 Å². The van der Waals surface area contributed by atoms with E-state index in [2.05, 4.69) is 15.9 Å². The lowest BCUT2D eigenvalue weighted by atomic mass is 10.1. The number of benzene rings is 1. The lowest BCUT2D eigenvalue weighted by Gasteiger charge is -2.00. The maximum absolute atomic E-state index is 10.6. The lowest BCUT2D eigenvalue weighted by Crippen LogP contribution is -1.94. The van der Waals surface area contributed by atoms with Crippen molar-refractivity contribution in [1.82, 2.24) is 0 Å². The average Bonchev–Trinajstić information content (AvgIpc) is 2.16. The number of hydrogen-bond acceptors (Lipinski definition) is 2. The number of nitrogens with zero attached hydrogens (tertiary/aromatic N) is 1. The van der Waals surface area contributed by atoms with Gasteiger partial charge in [-0.3, -0.25) is 10.1 Å². The highest BCUT2D eigenvalue weighted by Crippen LogP contribution is 2.22. The fraction of sp³-hybridized carbons (Fsp3) is 0.333. The van der Waals surface area contributed by atoms with Crippen molar-refractivity contribution in [3.05, 3.63) is 37.4 Å². The monoisotopic (exact) mass is 369 g/mol. The fourth-order valence-electron chi connectivity index (χ4n) is 1.12. The van der Waals surface area contributed by atoms with Gasteiger partial charge < -0.3 is 0 Å². The van der Waals surface area contributed by atoms with Crippen LogP contribution in [0.4, 0.5) is 5.69 Å². The van der Waals surface area contributed by atoms with Crippen molar-refractivity contribution in [3.8, 4) is 0 Å². The largest absolute Gasteiger partial charge is 0.282 e. The van der Waals surface area contributed by atoms with Crippen LogP contribution in [-0.4, -0.2) is 10.3 Å². The van der Waals surface area contributed by atoms with Crippen LogP contribution in [0.1, 0.15) is 12.0 Å². The first-order chi connectivity index (χ1) is 6.65. The molecule has 0 amide bonds. The van der Waals surface area contributed by atoms with Gasteiger partial charge in [-0.05, 0) is 47.1 Å². The van der Waals surface area contributed by atoms with E-state index in [-0.39, 0.29) is 10.6 Å². The van der Waals surface area contributed by atoms with Gasteiger partial charge in [-0.25, -0.2) is 0 Å². The van der Waals surface area contributed by atoms with E-state index in [1.165, 1.54) is 0 Å². The Labute approximate surface area is 104 Å². The normalized spacial score (nSPS) is 10.1. The average molecular weight is 370 g/mol. The lowest BCUT2D eigenvalue weighted by molar-refractivity contribution is -0.385. The molecule has 0 spiro atoms. The number of nitro groups is 1. The minimum Gasteiger partial charge on any atom is -0.258 e. The molecular weight excluding hydrogens is 361 g/mol. The van der Waals surface area contributed by atoms with Crippen molar-refractivity contribution in [2.45, 2.75) is 12.8 Å². The van der Waals surface area contributed by atoms with Gasteiger partial charge in [0.25, 0.3) is 5.69 Å². The summed E-state index contributed by atoms with van der Waals surface area (Å²) in [5, 5.41) is 11.6. The number of hydrogen-bond donors (Lipinski definition) is 0. The van der Waals surface area contributed by atoms with E-state index in [0.29, 0.717) is 3.57 Å². The Hall–Kier alpha value is -0.170.